The third kappa shape index (κ3) is 3.05. The topological polar surface area (TPSA) is 87.9 Å². The molecule has 2 aromatic heterocycles. The van der Waals surface area contributed by atoms with Crippen LogP contribution in [0.3, 0.4) is 0 Å². The average Bonchev–Trinajstić information content (AvgIpc) is 2.89. The molecule has 0 bridgehead atoms. The molecule has 23 heavy (non-hydrogen) atoms. The standard InChI is InChI=1S/C15H15ClFN5O/c1-8-7-22(15(18)23)5-4-10(8)12-13(16)21-14(20-12)11-3-2-9(17)6-19-11/h2-4,6,8H,5,7H2,1H3,(H2,18,23)(H,20,21)/t8-/m1/s1. The molecule has 3 rings (SSSR count). The molecule has 2 amide bonds. The molecule has 0 fully saturated rings. The zero-order valence-corrected chi connectivity index (χ0v) is 13.1. The van der Waals surface area contributed by atoms with E-state index in [9.17, 15) is 9.18 Å². The molecule has 3 N–H and O–H groups in total. The van der Waals surface area contributed by atoms with Gasteiger partial charge in [-0.25, -0.2) is 19.2 Å². The van der Waals surface area contributed by atoms with Crippen molar-refractivity contribution < 1.29 is 9.18 Å². The molecule has 1 atom stereocenters. The molecule has 0 unspecified atom stereocenters. The van der Waals surface area contributed by atoms with Crippen molar-refractivity contribution in [3.05, 3.63) is 41.1 Å². The van der Waals surface area contributed by atoms with E-state index in [1.807, 2.05) is 13.0 Å². The quantitative estimate of drug-likeness (QED) is 0.884. The first kappa shape index (κ1) is 15.5. The second-order valence-corrected chi connectivity index (χ2v) is 5.79. The first-order chi connectivity index (χ1) is 11.0. The molecular formula is C15H15ClFN5O. The highest BCUT2D eigenvalue weighted by atomic mass is 35.5. The second kappa shape index (κ2) is 6.00. The van der Waals surface area contributed by atoms with Crippen LogP contribution < -0.4 is 5.73 Å². The highest BCUT2D eigenvalue weighted by Gasteiger charge is 2.25. The highest BCUT2D eigenvalue weighted by molar-refractivity contribution is 6.31. The van der Waals surface area contributed by atoms with Crippen LogP contribution in [0.1, 0.15) is 12.6 Å². The SMILES string of the molecule is C[C@@H]1CN(C(N)=O)CC=C1c1nc(-c2ccc(F)cn2)[nH]c1Cl. The van der Waals surface area contributed by atoms with E-state index in [2.05, 4.69) is 15.0 Å². The van der Waals surface area contributed by atoms with Gasteiger partial charge in [0.2, 0.25) is 0 Å². The molecule has 2 aromatic rings. The number of primary amides is 1. The summed E-state index contributed by atoms with van der Waals surface area (Å²) in [5.74, 6) is 0.100. The van der Waals surface area contributed by atoms with Crippen LogP contribution in [0.2, 0.25) is 5.15 Å². The number of nitrogens with zero attached hydrogens (tertiary/aromatic N) is 3. The lowest BCUT2D eigenvalue weighted by Crippen LogP contribution is -2.41. The molecule has 0 aromatic carbocycles. The van der Waals surface area contributed by atoms with Crippen LogP contribution in [0, 0.1) is 11.7 Å². The molecule has 1 aliphatic heterocycles. The van der Waals surface area contributed by atoms with Crippen molar-refractivity contribution in [1.29, 1.82) is 0 Å². The maximum absolute atomic E-state index is 13.0. The number of nitrogens with two attached hydrogens (primary N) is 1. The number of halogens is 2. The van der Waals surface area contributed by atoms with E-state index in [1.165, 1.54) is 12.1 Å². The van der Waals surface area contributed by atoms with Crippen LogP contribution in [0.25, 0.3) is 17.1 Å². The van der Waals surface area contributed by atoms with Gasteiger partial charge in [-0.1, -0.05) is 24.6 Å². The average molecular weight is 336 g/mol. The highest BCUT2D eigenvalue weighted by Crippen LogP contribution is 2.32. The van der Waals surface area contributed by atoms with Gasteiger partial charge in [0, 0.05) is 19.0 Å². The Hall–Kier alpha value is -2.41. The molecule has 0 radical (unpaired) electrons. The molecule has 8 heteroatoms. The van der Waals surface area contributed by atoms with E-state index in [4.69, 9.17) is 17.3 Å². The van der Waals surface area contributed by atoms with E-state index in [1.54, 1.807) is 4.90 Å². The third-order valence-corrected chi connectivity index (χ3v) is 4.05. The van der Waals surface area contributed by atoms with Crippen molar-refractivity contribution >= 4 is 23.2 Å². The molecule has 0 spiro atoms. The fourth-order valence-electron chi connectivity index (χ4n) is 2.60. The summed E-state index contributed by atoms with van der Waals surface area (Å²) < 4.78 is 13.0. The summed E-state index contributed by atoms with van der Waals surface area (Å²) in [6.07, 6.45) is 3.02. The minimum absolute atomic E-state index is 0.0473. The van der Waals surface area contributed by atoms with Crippen molar-refractivity contribution in [2.45, 2.75) is 6.92 Å². The summed E-state index contributed by atoms with van der Waals surface area (Å²) >= 11 is 6.26. The molecule has 120 valence electrons. The Labute approximate surface area is 137 Å². The number of carbonyl (C=O) groups excluding carboxylic acids is 1. The Morgan fingerprint density at radius 1 is 1.52 bits per heavy atom. The predicted molar refractivity (Wildman–Crippen MR) is 85.1 cm³/mol. The Balaban J connectivity index is 1.92. The van der Waals surface area contributed by atoms with Crippen LogP contribution in [0.5, 0.6) is 0 Å². The van der Waals surface area contributed by atoms with Crippen LogP contribution in [-0.2, 0) is 0 Å². The minimum atomic E-state index is -0.448. The third-order valence-electron chi connectivity index (χ3n) is 3.77. The van der Waals surface area contributed by atoms with Crippen LogP contribution in [-0.4, -0.2) is 39.0 Å². The van der Waals surface area contributed by atoms with Crippen molar-refractivity contribution in [2.75, 3.05) is 13.1 Å². The second-order valence-electron chi connectivity index (χ2n) is 5.41. The number of hydrogen-bond acceptors (Lipinski definition) is 3. The van der Waals surface area contributed by atoms with E-state index < -0.39 is 11.8 Å². The monoisotopic (exact) mass is 335 g/mol. The van der Waals surface area contributed by atoms with Gasteiger partial charge in [0.15, 0.2) is 5.82 Å². The van der Waals surface area contributed by atoms with Gasteiger partial charge in [-0.05, 0) is 17.7 Å². The van der Waals surface area contributed by atoms with Crippen molar-refractivity contribution in [3.8, 4) is 11.5 Å². The Morgan fingerprint density at radius 2 is 2.30 bits per heavy atom. The van der Waals surface area contributed by atoms with Gasteiger partial charge in [0.1, 0.15) is 22.4 Å². The molecule has 1 aliphatic rings. The summed E-state index contributed by atoms with van der Waals surface area (Å²) in [4.78, 5) is 24.2. The van der Waals surface area contributed by atoms with Gasteiger partial charge in [0.25, 0.3) is 0 Å². The lowest BCUT2D eigenvalue weighted by atomic mass is 9.94. The van der Waals surface area contributed by atoms with Crippen molar-refractivity contribution in [1.82, 2.24) is 19.9 Å². The molecule has 0 aliphatic carbocycles. The number of hydrogen-bond donors (Lipinski definition) is 2. The molecule has 6 nitrogen and oxygen atoms in total. The van der Waals surface area contributed by atoms with Crippen LogP contribution in [0.15, 0.2) is 24.4 Å². The van der Waals surface area contributed by atoms with Gasteiger partial charge in [-0.2, -0.15) is 0 Å². The predicted octanol–water partition coefficient (Wildman–Crippen LogP) is 2.68. The van der Waals surface area contributed by atoms with E-state index >= 15 is 0 Å². The lowest BCUT2D eigenvalue weighted by molar-refractivity contribution is 0.207. The van der Waals surface area contributed by atoms with E-state index in [0.717, 1.165) is 11.8 Å². The zero-order chi connectivity index (χ0) is 16.6. The summed E-state index contributed by atoms with van der Waals surface area (Å²) in [6.45, 7) is 2.90. The summed E-state index contributed by atoms with van der Waals surface area (Å²) in [5, 5.41) is 0.386. The number of H-pyrrole nitrogens is 1. The number of carbonyl (C=O) groups is 1. The van der Waals surface area contributed by atoms with Crippen LogP contribution in [0.4, 0.5) is 9.18 Å². The van der Waals surface area contributed by atoms with Gasteiger partial charge in [0.05, 0.1) is 6.20 Å². The number of imidazole rings is 1. The number of rotatable bonds is 2. The smallest absolute Gasteiger partial charge is 0.315 e. The fraction of sp³-hybridized carbons (Fsp3) is 0.267. The number of aromatic nitrogens is 3. The van der Waals surface area contributed by atoms with Gasteiger partial charge >= 0.3 is 6.03 Å². The van der Waals surface area contributed by atoms with E-state index in [0.29, 0.717) is 35.5 Å². The lowest BCUT2D eigenvalue weighted by Gasteiger charge is -2.29. The number of amides is 2. The van der Waals surface area contributed by atoms with Gasteiger partial charge in [-0.3, -0.25) is 0 Å². The van der Waals surface area contributed by atoms with E-state index in [-0.39, 0.29) is 5.92 Å². The van der Waals surface area contributed by atoms with Crippen molar-refractivity contribution in [2.24, 2.45) is 11.7 Å². The molecule has 0 saturated heterocycles. The molecule has 3 heterocycles. The Morgan fingerprint density at radius 3 is 2.91 bits per heavy atom. The molecule has 0 saturated carbocycles. The Kier molecular flexibility index (Phi) is 4.04. The zero-order valence-electron chi connectivity index (χ0n) is 12.4. The number of urea groups is 1. The van der Waals surface area contributed by atoms with Gasteiger partial charge < -0.3 is 15.6 Å². The van der Waals surface area contributed by atoms with Gasteiger partial charge in [-0.15, -0.1) is 0 Å². The first-order valence-electron chi connectivity index (χ1n) is 7.08. The largest absolute Gasteiger partial charge is 0.351 e. The minimum Gasteiger partial charge on any atom is -0.351 e. The summed E-state index contributed by atoms with van der Waals surface area (Å²) in [7, 11) is 0. The maximum atomic E-state index is 13.0. The fourth-order valence-corrected chi connectivity index (χ4v) is 2.84. The number of nitrogens with one attached hydrogen (secondary N) is 1. The first-order valence-corrected chi connectivity index (χ1v) is 7.45. The molecular weight excluding hydrogens is 321 g/mol. The summed E-state index contributed by atoms with van der Waals surface area (Å²) in [5.41, 5.74) is 7.37. The Bertz CT molecular complexity index is 771. The maximum Gasteiger partial charge on any atom is 0.315 e. The number of aromatic amines is 1. The number of pyridine rings is 1. The summed E-state index contributed by atoms with van der Waals surface area (Å²) in [6, 6.07) is 2.39. The normalized spacial score (nSPS) is 18.0. The van der Waals surface area contributed by atoms with Crippen LogP contribution >= 0.6 is 11.6 Å². The van der Waals surface area contributed by atoms with Crippen molar-refractivity contribution in [3.63, 3.8) is 0 Å².